The fourth-order valence-corrected chi connectivity index (χ4v) is 5.42. The van der Waals surface area contributed by atoms with Crippen LogP contribution in [0.25, 0.3) is 0 Å². The summed E-state index contributed by atoms with van der Waals surface area (Å²) < 4.78 is 28.7. The monoisotopic (exact) mass is 421 g/mol. The Morgan fingerprint density at radius 2 is 2.00 bits per heavy atom. The Morgan fingerprint density at radius 3 is 2.68 bits per heavy atom. The first-order chi connectivity index (χ1) is 13.3. The van der Waals surface area contributed by atoms with E-state index in [2.05, 4.69) is 17.1 Å². The summed E-state index contributed by atoms with van der Waals surface area (Å²) in [5.74, 6) is 0.802. The van der Waals surface area contributed by atoms with Gasteiger partial charge in [-0.2, -0.15) is 0 Å². The Hall–Kier alpha value is -1.94. The summed E-state index contributed by atoms with van der Waals surface area (Å²) in [4.78, 5) is 15.7. The second-order valence-electron chi connectivity index (χ2n) is 7.35. The number of benzene rings is 1. The van der Waals surface area contributed by atoms with Crippen LogP contribution < -0.4 is 15.2 Å². The van der Waals surface area contributed by atoms with Gasteiger partial charge in [0.1, 0.15) is 5.75 Å². The topological polar surface area (TPSA) is 102 Å². The Labute approximate surface area is 168 Å². The van der Waals surface area contributed by atoms with Gasteiger partial charge in [0.2, 0.25) is 10.0 Å². The van der Waals surface area contributed by atoms with Gasteiger partial charge in [-0.15, -0.1) is 0 Å². The van der Waals surface area contributed by atoms with Crippen molar-refractivity contribution in [3.63, 3.8) is 0 Å². The maximum atomic E-state index is 12.7. The van der Waals surface area contributed by atoms with Crippen molar-refractivity contribution in [2.24, 2.45) is 11.1 Å². The first kappa shape index (κ1) is 19.4. The van der Waals surface area contributed by atoms with Crippen molar-refractivity contribution in [3.8, 4) is 10.8 Å². The summed E-state index contributed by atoms with van der Waals surface area (Å²) in [6.07, 6.45) is 2.27. The summed E-state index contributed by atoms with van der Waals surface area (Å²) in [7, 11) is -3.80. The first-order valence-electron chi connectivity index (χ1n) is 9.27. The van der Waals surface area contributed by atoms with Crippen molar-refractivity contribution in [2.45, 2.75) is 36.7 Å². The van der Waals surface area contributed by atoms with E-state index in [0.29, 0.717) is 27.6 Å². The van der Waals surface area contributed by atoms with Crippen LogP contribution in [0.4, 0.5) is 0 Å². The number of nitrogens with one attached hydrogen (secondary N) is 1. The van der Waals surface area contributed by atoms with E-state index in [-0.39, 0.29) is 16.8 Å². The fraction of sp³-hybridized carbons (Fsp3) is 0.421. The largest absolute Gasteiger partial charge is 0.447 e. The van der Waals surface area contributed by atoms with Gasteiger partial charge in [-0.3, -0.25) is 9.69 Å². The van der Waals surface area contributed by atoms with Gasteiger partial charge in [0.15, 0.2) is 5.06 Å². The highest BCUT2D eigenvalue weighted by molar-refractivity contribution is 7.89. The molecule has 150 valence electrons. The molecule has 0 radical (unpaired) electrons. The van der Waals surface area contributed by atoms with E-state index < -0.39 is 10.0 Å². The first-order valence-corrected chi connectivity index (χ1v) is 11.6. The molecule has 3 N–H and O–H groups in total. The molecule has 4 heterocycles. The number of rotatable bonds is 5. The van der Waals surface area contributed by atoms with Crippen LogP contribution in [-0.2, 0) is 10.0 Å². The number of primary sulfonamides is 1. The Morgan fingerprint density at radius 1 is 1.25 bits per heavy atom. The molecule has 3 aliphatic rings. The third-order valence-electron chi connectivity index (χ3n) is 5.63. The molecule has 0 spiro atoms. The lowest BCUT2D eigenvalue weighted by Gasteiger charge is -2.49. The molecule has 3 aliphatic heterocycles. The molecule has 9 heteroatoms. The highest BCUT2D eigenvalue weighted by Crippen LogP contribution is 2.34. The maximum absolute atomic E-state index is 12.7. The van der Waals surface area contributed by atoms with Crippen molar-refractivity contribution >= 4 is 27.3 Å². The van der Waals surface area contributed by atoms with Gasteiger partial charge in [0, 0.05) is 18.2 Å². The number of thiophene rings is 1. The number of fused-ring (bicyclic) bond motifs is 3. The lowest BCUT2D eigenvalue weighted by molar-refractivity contribution is 0.0218. The SMILES string of the molecule is C[C@@H]1[C@H](NC(=O)c2ccc(Oc3cccc(S(N)(=O)=O)c3)s2)C2CCN1CC2. The number of nitrogens with zero attached hydrogens (tertiary/aromatic N) is 1. The fourth-order valence-electron chi connectivity index (χ4n) is 4.10. The summed E-state index contributed by atoms with van der Waals surface area (Å²) in [5.41, 5.74) is 0. The normalized spacial score (nSPS) is 26.8. The van der Waals surface area contributed by atoms with Crippen LogP contribution in [0.1, 0.15) is 29.4 Å². The zero-order valence-corrected chi connectivity index (χ0v) is 17.1. The minimum atomic E-state index is -3.80. The van der Waals surface area contributed by atoms with Gasteiger partial charge in [-0.05, 0) is 63.0 Å². The van der Waals surface area contributed by atoms with Gasteiger partial charge in [-0.1, -0.05) is 17.4 Å². The molecule has 2 atom stereocenters. The van der Waals surface area contributed by atoms with E-state index in [4.69, 9.17) is 9.88 Å². The average molecular weight is 422 g/mol. The van der Waals surface area contributed by atoms with Gasteiger partial charge in [0.05, 0.1) is 9.77 Å². The van der Waals surface area contributed by atoms with Crippen LogP contribution in [0, 0.1) is 5.92 Å². The zero-order valence-electron chi connectivity index (χ0n) is 15.5. The average Bonchev–Trinajstić information content (AvgIpc) is 3.13. The second-order valence-corrected chi connectivity index (χ2v) is 9.96. The van der Waals surface area contributed by atoms with Crippen LogP contribution in [0.5, 0.6) is 10.8 Å². The van der Waals surface area contributed by atoms with Crippen LogP contribution >= 0.6 is 11.3 Å². The number of hydrogen-bond donors (Lipinski definition) is 2. The number of nitrogens with two attached hydrogens (primary N) is 1. The third-order valence-corrected chi connectivity index (χ3v) is 7.51. The third kappa shape index (κ3) is 3.93. The van der Waals surface area contributed by atoms with Gasteiger partial charge in [-0.25, -0.2) is 13.6 Å². The molecule has 5 rings (SSSR count). The number of ether oxygens (including phenoxy) is 1. The van der Waals surface area contributed by atoms with E-state index >= 15 is 0 Å². The number of sulfonamides is 1. The number of carbonyl (C=O) groups excluding carboxylic acids is 1. The van der Waals surface area contributed by atoms with Crippen molar-refractivity contribution in [2.75, 3.05) is 13.1 Å². The highest BCUT2D eigenvalue weighted by atomic mass is 32.2. The molecule has 1 aromatic carbocycles. The number of carbonyl (C=O) groups is 1. The highest BCUT2D eigenvalue weighted by Gasteiger charge is 2.40. The van der Waals surface area contributed by atoms with E-state index in [1.807, 2.05) is 0 Å². The molecule has 0 saturated carbocycles. The number of piperidine rings is 3. The van der Waals surface area contributed by atoms with Crippen LogP contribution in [0.15, 0.2) is 41.3 Å². The van der Waals surface area contributed by atoms with Gasteiger partial charge < -0.3 is 10.1 Å². The molecular weight excluding hydrogens is 398 g/mol. The van der Waals surface area contributed by atoms with Crippen molar-refractivity contribution in [1.82, 2.24) is 10.2 Å². The molecule has 2 aromatic rings. The predicted molar refractivity (Wildman–Crippen MR) is 107 cm³/mol. The smallest absolute Gasteiger partial charge is 0.261 e. The molecule has 0 unspecified atom stereocenters. The number of amides is 1. The molecule has 3 fully saturated rings. The van der Waals surface area contributed by atoms with Gasteiger partial charge >= 0.3 is 0 Å². The van der Waals surface area contributed by atoms with E-state index in [1.165, 1.54) is 23.5 Å². The summed E-state index contributed by atoms with van der Waals surface area (Å²) in [6.45, 7) is 4.41. The lowest BCUT2D eigenvalue weighted by Crippen LogP contribution is -2.62. The molecular formula is C19H23N3O4S2. The van der Waals surface area contributed by atoms with E-state index in [9.17, 15) is 13.2 Å². The summed E-state index contributed by atoms with van der Waals surface area (Å²) in [5, 5.41) is 8.87. The second kappa shape index (κ2) is 7.47. The molecule has 1 aromatic heterocycles. The number of hydrogen-bond acceptors (Lipinski definition) is 6. The van der Waals surface area contributed by atoms with E-state index in [1.54, 1.807) is 24.3 Å². The molecule has 3 saturated heterocycles. The standard InChI is InChI=1S/C19H23N3O4S2/c1-12-18(13-7-9-22(12)10-8-13)21-19(23)16-5-6-17(27-16)26-14-3-2-4-15(11-14)28(20,24)25/h2-6,11-13,18H,7-10H2,1H3,(H,21,23)(H2,20,24,25)/t12-,18+/m1/s1. The molecule has 1 amide bonds. The van der Waals surface area contributed by atoms with Gasteiger partial charge in [0.25, 0.3) is 5.91 Å². The molecule has 0 aliphatic carbocycles. The predicted octanol–water partition coefficient (Wildman–Crippen LogP) is 2.40. The van der Waals surface area contributed by atoms with Crippen molar-refractivity contribution in [1.29, 1.82) is 0 Å². The van der Waals surface area contributed by atoms with Crippen LogP contribution in [-0.4, -0.2) is 44.4 Å². The van der Waals surface area contributed by atoms with E-state index in [0.717, 1.165) is 25.9 Å². The lowest BCUT2D eigenvalue weighted by atomic mass is 9.79. The minimum absolute atomic E-state index is 0.0177. The quantitative estimate of drug-likeness (QED) is 0.772. The Balaban J connectivity index is 1.44. The van der Waals surface area contributed by atoms with Crippen LogP contribution in [0.3, 0.4) is 0 Å². The molecule has 7 nitrogen and oxygen atoms in total. The van der Waals surface area contributed by atoms with Crippen molar-refractivity contribution in [3.05, 3.63) is 41.3 Å². The Kier molecular flexibility index (Phi) is 5.17. The summed E-state index contributed by atoms with van der Waals surface area (Å²) >= 11 is 1.23. The van der Waals surface area contributed by atoms with Crippen LogP contribution in [0.2, 0.25) is 0 Å². The molecule has 2 bridgehead atoms. The maximum Gasteiger partial charge on any atom is 0.261 e. The van der Waals surface area contributed by atoms with Crippen molar-refractivity contribution < 1.29 is 17.9 Å². The zero-order chi connectivity index (χ0) is 19.9. The minimum Gasteiger partial charge on any atom is -0.447 e. The molecule has 28 heavy (non-hydrogen) atoms. The summed E-state index contributed by atoms with van der Waals surface area (Å²) in [6, 6.07) is 9.94. The Bertz CT molecular complexity index is 979.